The number of anilines is 1. The zero-order valence-electron chi connectivity index (χ0n) is 11.8. The molecule has 2 heterocycles. The summed E-state index contributed by atoms with van der Waals surface area (Å²) < 4.78 is 0. The van der Waals surface area contributed by atoms with Gasteiger partial charge in [-0.15, -0.1) is 0 Å². The fraction of sp³-hybridized carbons (Fsp3) is 0.133. The number of nitrogens with one attached hydrogen (secondary N) is 2. The van der Waals surface area contributed by atoms with Gasteiger partial charge in [0, 0.05) is 5.56 Å². The van der Waals surface area contributed by atoms with Crippen LogP contribution in [0.25, 0.3) is 5.70 Å². The van der Waals surface area contributed by atoms with Crippen LogP contribution in [0.4, 0.5) is 5.69 Å². The molecule has 0 bridgehead atoms. The minimum Gasteiger partial charge on any atom is -0.323 e. The predicted molar refractivity (Wildman–Crippen MR) is 87.7 cm³/mol. The number of nitrogens with zero attached hydrogens (tertiary/aromatic N) is 2. The van der Waals surface area contributed by atoms with Gasteiger partial charge in [0.15, 0.2) is 0 Å². The SMILES string of the molecule is O=C(CC1=C(c2ccc(Cl)c(Cl)c2)NOC1)Nc1cncnc1. The van der Waals surface area contributed by atoms with Crippen molar-refractivity contribution in [2.24, 2.45) is 0 Å². The first-order valence-electron chi connectivity index (χ1n) is 6.73. The van der Waals surface area contributed by atoms with Crippen LogP contribution in [0.1, 0.15) is 12.0 Å². The van der Waals surface area contributed by atoms with E-state index in [1.54, 1.807) is 12.1 Å². The smallest absolute Gasteiger partial charge is 0.228 e. The Labute approximate surface area is 142 Å². The number of halogens is 2. The van der Waals surface area contributed by atoms with E-state index >= 15 is 0 Å². The van der Waals surface area contributed by atoms with Gasteiger partial charge >= 0.3 is 0 Å². The number of amides is 1. The lowest BCUT2D eigenvalue weighted by atomic mass is 10.1. The molecule has 1 amide bonds. The topological polar surface area (TPSA) is 76.1 Å². The van der Waals surface area contributed by atoms with Crippen molar-refractivity contribution in [3.05, 3.63) is 58.1 Å². The van der Waals surface area contributed by atoms with Crippen LogP contribution in [0.2, 0.25) is 10.0 Å². The van der Waals surface area contributed by atoms with Gasteiger partial charge in [-0.3, -0.25) is 15.1 Å². The van der Waals surface area contributed by atoms with Gasteiger partial charge in [0.25, 0.3) is 0 Å². The maximum absolute atomic E-state index is 12.1. The van der Waals surface area contributed by atoms with Crippen LogP contribution in [0.15, 0.2) is 42.5 Å². The second kappa shape index (κ2) is 6.95. The van der Waals surface area contributed by atoms with Gasteiger partial charge < -0.3 is 5.32 Å². The number of hydrogen-bond donors (Lipinski definition) is 2. The van der Waals surface area contributed by atoms with Gasteiger partial charge in [-0.25, -0.2) is 9.97 Å². The molecule has 2 N–H and O–H groups in total. The highest BCUT2D eigenvalue weighted by Gasteiger charge is 2.20. The summed E-state index contributed by atoms with van der Waals surface area (Å²) in [6.07, 6.45) is 4.64. The van der Waals surface area contributed by atoms with Crippen molar-refractivity contribution in [3.63, 3.8) is 0 Å². The van der Waals surface area contributed by atoms with Crippen LogP contribution in [0.5, 0.6) is 0 Å². The molecule has 0 saturated carbocycles. The number of benzene rings is 1. The molecular formula is C15H12Cl2N4O2. The molecule has 0 aliphatic carbocycles. The van der Waals surface area contributed by atoms with E-state index in [9.17, 15) is 4.79 Å². The molecule has 2 aromatic rings. The lowest BCUT2D eigenvalue weighted by molar-refractivity contribution is -0.115. The lowest BCUT2D eigenvalue weighted by Gasteiger charge is -2.08. The molecule has 0 fully saturated rings. The van der Waals surface area contributed by atoms with Crippen molar-refractivity contribution in [3.8, 4) is 0 Å². The van der Waals surface area contributed by atoms with Crippen LogP contribution < -0.4 is 10.8 Å². The number of hydrogen-bond acceptors (Lipinski definition) is 5. The summed E-state index contributed by atoms with van der Waals surface area (Å²) in [6.45, 7) is 0.314. The fourth-order valence-electron chi connectivity index (χ4n) is 2.16. The molecule has 3 rings (SSSR count). The minimum atomic E-state index is -0.181. The molecule has 8 heteroatoms. The Balaban J connectivity index is 1.77. The number of rotatable bonds is 4. The highest BCUT2D eigenvalue weighted by molar-refractivity contribution is 6.42. The molecule has 6 nitrogen and oxygen atoms in total. The normalized spacial score (nSPS) is 13.8. The van der Waals surface area contributed by atoms with Crippen LogP contribution in [-0.4, -0.2) is 22.5 Å². The van der Waals surface area contributed by atoms with Crippen molar-refractivity contribution in [2.45, 2.75) is 6.42 Å². The van der Waals surface area contributed by atoms with Gasteiger partial charge in [-0.1, -0.05) is 29.3 Å². The molecule has 0 atom stereocenters. The Morgan fingerprint density at radius 2 is 2.04 bits per heavy atom. The first-order valence-corrected chi connectivity index (χ1v) is 7.49. The Morgan fingerprint density at radius 1 is 1.26 bits per heavy atom. The van der Waals surface area contributed by atoms with Gasteiger partial charge in [0.2, 0.25) is 5.91 Å². The average molecular weight is 351 g/mol. The number of aromatic nitrogens is 2. The Hall–Kier alpha value is -2.15. The third kappa shape index (κ3) is 3.79. The average Bonchev–Trinajstić information content (AvgIpc) is 2.99. The third-order valence-electron chi connectivity index (χ3n) is 3.20. The standard InChI is InChI=1S/C15H12Cl2N4O2/c16-12-2-1-9(3-13(12)17)15-10(7-23-21-15)4-14(22)20-11-5-18-8-19-6-11/h1-3,5-6,8,21H,4,7H2,(H,20,22). The largest absolute Gasteiger partial charge is 0.323 e. The van der Waals surface area contributed by atoms with E-state index in [0.29, 0.717) is 22.3 Å². The monoisotopic (exact) mass is 350 g/mol. The maximum atomic E-state index is 12.1. The molecule has 0 unspecified atom stereocenters. The first-order chi connectivity index (χ1) is 11.1. The second-order valence-corrected chi connectivity index (χ2v) is 5.66. The molecule has 118 valence electrons. The van der Waals surface area contributed by atoms with Crippen LogP contribution in [0, 0.1) is 0 Å². The van der Waals surface area contributed by atoms with Crippen molar-refractivity contribution < 1.29 is 9.63 Å². The van der Waals surface area contributed by atoms with Crippen molar-refractivity contribution >= 4 is 40.5 Å². The zero-order chi connectivity index (χ0) is 16.2. The summed E-state index contributed by atoms with van der Waals surface area (Å²) in [5.41, 5.74) is 5.71. The summed E-state index contributed by atoms with van der Waals surface area (Å²) in [4.78, 5) is 25.1. The molecule has 0 saturated heterocycles. The molecular weight excluding hydrogens is 339 g/mol. The predicted octanol–water partition coefficient (Wildman–Crippen LogP) is 3.06. The van der Waals surface area contributed by atoms with Crippen molar-refractivity contribution in [1.82, 2.24) is 15.4 Å². The summed E-state index contributed by atoms with van der Waals surface area (Å²) in [7, 11) is 0. The van der Waals surface area contributed by atoms with Gasteiger partial charge in [0.05, 0.1) is 46.9 Å². The quantitative estimate of drug-likeness (QED) is 0.886. The zero-order valence-corrected chi connectivity index (χ0v) is 13.4. The number of carbonyl (C=O) groups excluding carboxylic acids is 1. The molecule has 23 heavy (non-hydrogen) atoms. The summed E-state index contributed by atoms with van der Waals surface area (Å²) in [5.74, 6) is -0.181. The van der Waals surface area contributed by atoms with Gasteiger partial charge in [-0.05, 0) is 17.7 Å². The first kappa shape index (κ1) is 15.7. The number of carbonyl (C=O) groups is 1. The van der Waals surface area contributed by atoms with Gasteiger partial charge in [0.1, 0.15) is 6.33 Å². The Bertz CT molecular complexity index is 765. The minimum absolute atomic E-state index is 0.178. The lowest BCUT2D eigenvalue weighted by Crippen LogP contribution is -2.13. The highest BCUT2D eigenvalue weighted by Crippen LogP contribution is 2.29. The van der Waals surface area contributed by atoms with Crippen LogP contribution in [-0.2, 0) is 9.63 Å². The molecule has 1 aliphatic rings. The van der Waals surface area contributed by atoms with Crippen molar-refractivity contribution in [1.29, 1.82) is 0 Å². The Morgan fingerprint density at radius 3 is 2.78 bits per heavy atom. The highest BCUT2D eigenvalue weighted by atomic mass is 35.5. The molecule has 0 radical (unpaired) electrons. The van der Waals surface area contributed by atoms with Crippen LogP contribution in [0.3, 0.4) is 0 Å². The number of hydroxylamine groups is 1. The van der Waals surface area contributed by atoms with E-state index in [1.165, 1.54) is 18.7 Å². The summed E-state index contributed by atoms with van der Waals surface area (Å²) >= 11 is 12.0. The maximum Gasteiger partial charge on any atom is 0.228 e. The Kier molecular flexibility index (Phi) is 4.76. The molecule has 1 aromatic heterocycles. The van der Waals surface area contributed by atoms with E-state index in [2.05, 4.69) is 20.8 Å². The van der Waals surface area contributed by atoms with Crippen LogP contribution >= 0.6 is 23.2 Å². The molecule has 0 spiro atoms. The second-order valence-electron chi connectivity index (χ2n) is 4.85. The molecule has 1 aromatic carbocycles. The van der Waals surface area contributed by atoms with Crippen molar-refractivity contribution in [2.75, 3.05) is 11.9 Å². The van der Waals surface area contributed by atoms with E-state index < -0.39 is 0 Å². The van der Waals surface area contributed by atoms with E-state index in [1.807, 2.05) is 6.07 Å². The fourth-order valence-corrected chi connectivity index (χ4v) is 2.45. The van der Waals surface area contributed by atoms with Gasteiger partial charge in [-0.2, -0.15) is 0 Å². The van der Waals surface area contributed by atoms with E-state index in [4.69, 9.17) is 28.0 Å². The van der Waals surface area contributed by atoms with E-state index in [0.717, 1.165) is 16.8 Å². The molecule has 1 aliphatic heterocycles. The third-order valence-corrected chi connectivity index (χ3v) is 3.94. The summed E-state index contributed by atoms with van der Waals surface area (Å²) in [6, 6.07) is 5.24. The van der Waals surface area contributed by atoms with E-state index in [-0.39, 0.29) is 12.3 Å². The summed E-state index contributed by atoms with van der Waals surface area (Å²) in [5, 5.41) is 3.64.